The predicted octanol–water partition coefficient (Wildman–Crippen LogP) is 1.44. The summed E-state index contributed by atoms with van der Waals surface area (Å²) in [5.41, 5.74) is -0.392. The fourth-order valence-electron chi connectivity index (χ4n) is 1.17. The van der Waals surface area contributed by atoms with Crippen LogP contribution >= 0.6 is 0 Å². The number of hydrogen-bond acceptors (Lipinski definition) is 1. The van der Waals surface area contributed by atoms with Crippen LogP contribution in [0.15, 0.2) is 35.3 Å². The van der Waals surface area contributed by atoms with E-state index in [1.807, 2.05) is 0 Å². The highest BCUT2D eigenvalue weighted by Gasteiger charge is 2.07. The van der Waals surface area contributed by atoms with Crippen molar-refractivity contribution in [2.75, 3.05) is 0 Å². The van der Waals surface area contributed by atoms with E-state index in [-0.39, 0.29) is 5.69 Å². The maximum atomic E-state index is 13.2. The van der Waals surface area contributed by atoms with Crippen molar-refractivity contribution in [2.24, 2.45) is 0 Å². The molecule has 5 heteroatoms. The van der Waals surface area contributed by atoms with Crippen LogP contribution < -0.4 is 5.56 Å². The molecule has 0 spiro atoms. The van der Waals surface area contributed by atoms with Gasteiger partial charge >= 0.3 is 0 Å². The smallest absolute Gasteiger partial charge is 0.271 e. The zero-order valence-corrected chi connectivity index (χ0v) is 7.00. The van der Waals surface area contributed by atoms with Crippen LogP contribution in [-0.2, 0) is 0 Å². The summed E-state index contributed by atoms with van der Waals surface area (Å²) in [5, 5.41) is 2.52. The molecule has 2 aromatic rings. The van der Waals surface area contributed by atoms with Gasteiger partial charge < -0.3 is 0 Å². The highest BCUT2D eigenvalue weighted by molar-refractivity contribution is 5.32. The number of halogens is 2. The lowest BCUT2D eigenvalue weighted by Gasteiger charge is -2.02. The molecule has 0 bridgehead atoms. The molecule has 1 heterocycles. The predicted molar refractivity (Wildman–Crippen MR) is 46.3 cm³/mol. The van der Waals surface area contributed by atoms with Gasteiger partial charge in [-0.05, 0) is 12.1 Å². The molecular weight excluding hydrogens is 190 g/mol. The van der Waals surface area contributed by atoms with Crippen LogP contribution in [0.2, 0.25) is 0 Å². The Kier molecular flexibility index (Phi) is 1.92. The Hall–Kier alpha value is -1.91. The Morgan fingerprint density at radius 3 is 2.57 bits per heavy atom. The molecule has 0 saturated heterocycles. The molecule has 1 aromatic heterocycles. The average Bonchev–Trinajstić information content (AvgIpc) is 2.52. The average molecular weight is 196 g/mol. The minimum atomic E-state index is -0.783. The van der Waals surface area contributed by atoms with Gasteiger partial charge in [0.15, 0.2) is 5.82 Å². The first-order valence-electron chi connectivity index (χ1n) is 3.90. The van der Waals surface area contributed by atoms with Crippen molar-refractivity contribution >= 4 is 0 Å². The van der Waals surface area contributed by atoms with E-state index in [0.29, 0.717) is 0 Å². The van der Waals surface area contributed by atoms with Crippen molar-refractivity contribution in [3.05, 3.63) is 52.5 Å². The molecule has 0 radical (unpaired) electrons. The minimum Gasteiger partial charge on any atom is -0.298 e. The summed E-state index contributed by atoms with van der Waals surface area (Å²) in [5.74, 6) is -1.46. The van der Waals surface area contributed by atoms with Crippen LogP contribution in [0.25, 0.3) is 5.69 Å². The summed E-state index contributed by atoms with van der Waals surface area (Å²) in [4.78, 5) is 11.1. The molecule has 3 nitrogen and oxygen atoms in total. The van der Waals surface area contributed by atoms with Crippen LogP contribution in [0.3, 0.4) is 0 Å². The van der Waals surface area contributed by atoms with Gasteiger partial charge in [-0.1, -0.05) is 0 Å². The van der Waals surface area contributed by atoms with Gasteiger partial charge in [0.25, 0.3) is 5.56 Å². The van der Waals surface area contributed by atoms with Gasteiger partial charge in [-0.15, -0.1) is 0 Å². The van der Waals surface area contributed by atoms with E-state index >= 15 is 0 Å². The van der Waals surface area contributed by atoms with E-state index in [4.69, 9.17) is 0 Å². The quantitative estimate of drug-likeness (QED) is 0.736. The Labute approximate surface area is 77.6 Å². The fourth-order valence-corrected chi connectivity index (χ4v) is 1.17. The molecule has 0 aliphatic heterocycles. The van der Waals surface area contributed by atoms with Crippen LogP contribution in [0, 0.1) is 11.6 Å². The number of aromatic amines is 1. The van der Waals surface area contributed by atoms with Gasteiger partial charge in [0.05, 0.1) is 0 Å². The molecule has 2 rings (SSSR count). The zero-order valence-electron chi connectivity index (χ0n) is 7.00. The van der Waals surface area contributed by atoms with Crippen molar-refractivity contribution in [1.29, 1.82) is 0 Å². The summed E-state index contributed by atoms with van der Waals surface area (Å²) >= 11 is 0. The molecule has 0 saturated carbocycles. The van der Waals surface area contributed by atoms with E-state index in [1.54, 1.807) is 0 Å². The van der Waals surface area contributed by atoms with Gasteiger partial charge in [0, 0.05) is 18.3 Å². The summed E-state index contributed by atoms with van der Waals surface area (Å²) < 4.78 is 26.7. The van der Waals surface area contributed by atoms with E-state index in [9.17, 15) is 13.6 Å². The monoisotopic (exact) mass is 196 g/mol. The van der Waals surface area contributed by atoms with E-state index in [1.165, 1.54) is 18.3 Å². The van der Waals surface area contributed by atoms with Crippen molar-refractivity contribution in [2.45, 2.75) is 0 Å². The molecule has 0 unspecified atom stereocenters. The van der Waals surface area contributed by atoms with Crippen LogP contribution in [0.1, 0.15) is 0 Å². The number of benzene rings is 1. The highest BCUT2D eigenvalue weighted by atomic mass is 19.1. The third-order valence-electron chi connectivity index (χ3n) is 1.80. The second-order valence-corrected chi connectivity index (χ2v) is 2.73. The minimum absolute atomic E-state index is 0.00130. The fraction of sp³-hybridized carbons (Fsp3) is 0. The van der Waals surface area contributed by atoms with Gasteiger partial charge in [-0.2, -0.15) is 0 Å². The second kappa shape index (κ2) is 3.10. The van der Waals surface area contributed by atoms with Crippen LogP contribution in [-0.4, -0.2) is 9.78 Å². The Morgan fingerprint density at radius 2 is 2.00 bits per heavy atom. The molecule has 72 valence electrons. The first kappa shape index (κ1) is 8.68. The number of aromatic nitrogens is 2. The lowest BCUT2D eigenvalue weighted by molar-refractivity contribution is 0.572. The third kappa shape index (κ3) is 1.32. The summed E-state index contributed by atoms with van der Waals surface area (Å²) in [6.45, 7) is 0. The Bertz CT molecular complexity index is 516. The van der Waals surface area contributed by atoms with Gasteiger partial charge in [0.2, 0.25) is 0 Å². The number of hydrogen-bond donors (Lipinski definition) is 1. The number of rotatable bonds is 1. The molecule has 1 aromatic carbocycles. The molecule has 0 aliphatic carbocycles. The molecule has 14 heavy (non-hydrogen) atoms. The molecule has 0 amide bonds. The Balaban J connectivity index is 2.63. The van der Waals surface area contributed by atoms with Crippen molar-refractivity contribution in [3.8, 4) is 5.69 Å². The van der Waals surface area contributed by atoms with Gasteiger partial charge in [-0.3, -0.25) is 9.89 Å². The van der Waals surface area contributed by atoms with E-state index in [2.05, 4.69) is 5.10 Å². The highest BCUT2D eigenvalue weighted by Crippen LogP contribution is 2.11. The molecule has 0 fully saturated rings. The van der Waals surface area contributed by atoms with Gasteiger partial charge in [-0.25, -0.2) is 13.5 Å². The third-order valence-corrected chi connectivity index (χ3v) is 1.80. The Morgan fingerprint density at radius 1 is 1.21 bits per heavy atom. The normalized spacial score (nSPS) is 10.4. The zero-order chi connectivity index (χ0) is 10.1. The number of H-pyrrole nitrogens is 1. The lowest BCUT2D eigenvalue weighted by atomic mass is 10.3. The van der Waals surface area contributed by atoms with Crippen molar-refractivity contribution in [1.82, 2.24) is 9.78 Å². The first-order chi connectivity index (χ1) is 6.68. The first-order valence-corrected chi connectivity index (χ1v) is 3.90. The van der Waals surface area contributed by atoms with E-state index < -0.39 is 17.2 Å². The SMILES string of the molecule is O=c1cc[nH]n1-c1ccc(F)cc1F. The second-order valence-electron chi connectivity index (χ2n) is 2.73. The molecule has 1 N–H and O–H groups in total. The summed E-state index contributed by atoms with van der Waals surface area (Å²) in [6, 6.07) is 4.26. The topological polar surface area (TPSA) is 37.8 Å². The van der Waals surface area contributed by atoms with Crippen LogP contribution in [0.5, 0.6) is 0 Å². The van der Waals surface area contributed by atoms with Crippen molar-refractivity contribution < 1.29 is 8.78 Å². The standard InChI is InChI=1S/C9H6F2N2O/c10-6-1-2-8(7(11)5-6)13-9(14)3-4-12-13/h1-5,12H. The maximum Gasteiger partial charge on any atom is 0.271 e. The maximum absolute atomic E-state index is 13.2. The molecular formula is C9H6F2N2O. The lowest BCUT2D eigenvalue weighted by Crippen LogP contribution is -2.14. The number of nitrogens with zero attached hydrogens (tertiary/aromatic N) is 1. The summed E-state index contributed by atoms with van der Waals surface area (Å²) in [6.07, 6.45) is 1.38. The van der Waals surface area contributed by atoms with Gasteiger partial charge in [0.1, 0.15) is 11.5 Å². The molecule has 0 aliphatic rings. The summed E-state index contributed by atoms with van der Waals surface area (Å²) in [7, 11) is 0. The number of nitrogens with one attached hydrogen (secondary N) is 1. The largest absolute Gasteiger partial charge is 0.298 e. The van der Waals surface area contributed by atoms with Crippen LogP contribution in [0.4, 0.5) is 8.78 Å². The molecule has 0 atom stereocenters. The van der Waals surface area contributed by atoms with E-state index in [0.717, 1.165) is 16.8 Å². The van der Waals surface area contributed by atoms with Crippen molar-refractivity contribution in [3.63, 3.8) is 0 Å².